The van der Waals surface area contributed by atoms with Crippen molar-refractivity contribution >= 4 is 40.5 Å². The molecule has 0 amide bonds. The van der Waals surface area contributed by atoms with Crippen LogP contribution in [0.15, 0.2) is 46.3 Å². The van der Waals surface area contributed by atoms with Gasteiger partial charge in [-0.1, -0.05) is 40.5 Å². The number of nitrogens with zero attached hydrogens (tertiary/aromatic N) is 1. The Bertz CT molecular complexity index is 794. The first-order valence-electron chi connectivity index (χ1n) is 6.71. The van der Waals surface area contributed by atoms with Crippen molar-refractivity contribution in [2.45, 2.75) is 13.0 Å². The van der Waals surface area contributed by atoms with Crippen molar-refractivity contribution in [3.05, 3.63) is 63.1 Å². The van der Waals surface area contributed by atoms with Gasteiger partial charge in [-0.3, -0.25) is 4.79 Å². The second kappa shape index (κ2) is 7.17. The van der Waals surface area contributed by atoms with Crippen molar-refractivity contribution in [2.75, 3.05) is 0 Å². The molecule has 4 nitrogen and oxygen atoms in total. The summed E-state index contributed by atoms with van der Waals surface area (Å²) in [5.74, 6) is 0.223. The average Bonchev–Trinajstić information content (AvgIpc) is 3.19. The molecule has 0 aliphatic rings. The first-order valence-corrected chi connectivity index (χ1v) is 8.35. The Hall–Kier alpha value is -1.82. The van der Waals surface area contributed by atoms with E-state index in [0.717, 1.165) is 4.88 Å². The lowest BCUT2D eigenvalue weighted by Gasteiger charge is -2.06. The molecule has 0 bridgehead atoms. The minimum absolute atomic E-state index is 0.00808. The number of benzene rings is 1. The molecule has 0 N–H and O–H groups in total. The molecule has 0 atom stereocenters. The van der Waals surface area contributed by atoms with Gasteiger partial charge in [0.15, 0.2) is 5.76 Å². The average molecular weight is 368 g/mol. The van der Waals surface area contributed by atoms with Crippen LogP contribution in [0.1, 0.15) is 11.3 Å². The van der Waals surface area contributed by atoms with E-state index in [0.29, 0.717) is 27.1 Å². The molecule has 0 fully saturated rings. The summed E-state index contributed by atoms with van der Waals surface area (Å²) in [5, 5.41) is 6.72. The zero-order valence-corrected chi connectivity index (χ0v) is 14.1. The third-order valence-corrected chi connectivity index (χ3v) is 4.68. The number of carbonyl (C=O) groups excluding carboxylic acids is 1. The largest absolute Gasteiger partial charge is 0.459 e. The normalized spacial score (nSPS) is 10.7. The van der Waals surface area contributed by atoms with Gasteiger partial charge in [0, 0.05) is 21.7 Å². The highest BCUT2D eigenvalue weighted by atomic mass is 35.5. The second-order valence-corrected chi connectivity index (χ2v) is 6.46. The van der Waals surface area contributed by atoms with Gasteiger partial charge < -0.3 is 9.26 Å². The Balaban J connectivity index is 1.59. The topological polar surface area (TPSA) is 52.3 Å². The van der Waals surface area contributed by atoms with Crippen molar-refractivity contribution in [3.8, 4) is 10.6 Å². The number of rotatable bonds is 5. The molecule has 23 heavy (non-hydrogen) atoms. The predicted octanol–water partition coefficient (Wildman–Crippen LogP) is 5.00. The molecule has 0 unspecified atom stereocenters. The summed E-state index contributed by atoms with van der Waals surface area (Å²) >= 11 is 13.6. The molecule has 2 heterocycles. The number of halogens is 2. The number of hydrogen-bond acceptors (Lipinski definition) is 5. The van der Waals surface area contributed by atoms with Gasteiger partial charge in [0.25, 0.3) is 0 Å². The number of hydrogen-bond donors (Lipinski definition) is 0. The summed E-state index contributed by atoms with van der Waals surface area (Å²) in [7, 11) is 0. The highest BCUT2D eigenvalue weighted by molar-refractivity contribution is 7.13. The zero-order valence-electron chi connectivity index (χ0n) is 11.8. The van der Waals surface area contributed by atoms with Gasteiger partial charge in [-0.25, -0.2) is 0 Å². The van der Waals surface area contributed by atoms with Crippen LogP contribution in [0.4, 0.5) is 0 Å². The molecule has 0 saturated heterocycles. The fourth-order valence-electron chi connectivity index (χ4n) is 1.97. The molecule has 2 aromatic heterocycles. The van der Waals surface area contributed by atoms with Crippen LogP contribution < -0.4 is 0 Å². The fourth-order valence-corrected chi connectivity index (χ4v) is 3.17. The molecule has 0 aliphatic carbocycles. The lowest BCUT2D eigenvalue weighted by Crippen LogP contribution is -2.09. The second-order valence-electron chi connectivity index (χ2n) is 4.70. The monoisotopic (exact) mass is 367 g/mol. The summed E-state index contributed by atoms with van der Waals surface area (Å²) in [6.45, 7) is 0.0375. The predicted molar refractivity (Wildman–Crippen MR) is 89.8 cm³/mol. The number of thiophene rings is 1. The Labute approximate surface area is 146 Å². The van der Waals surface area contributed by atoms with E-state index in [4.69, 9.17) is 32.5 Å². The third kappa shape index (κ3) is 3.93. The maximum atomic E-state index is 11.9. The van der Waals surface area contributed by atoms with Crippen molar-refractivity contribution < 1.29 is 14.1 Å². The molecule has 0 radical (unpaired) electrons. The molecule has 7 heteroatoms. The van der Waals surface area contributed by atoms with Gasteiger partial charge >= 0.3 is 5.97 Å². The standard InChI is InChI=1S/C16H11Cl2NO3S/c17-12-3-1-4-13(18)11(12)8-16(20)21-9-10-7-14(22-19-10)15-5-2-6-23-15/h1-7H,8-9H2. The minimum atomic E-state index is -0.430. The lowest BCUT2D eigenvalue weighted by atomic mass is 10.1. The summed E-state index contributed by atoms with van der Waals surface area (Å²) in [6, 6.07) is 10.7. The maximum absolute atomic E-state index is 11.9. The zero-order chi connectivity index (χ0) is 16.2. The van der Waals surface area contributed by atoms with Crippen LogP contribution in [0.3, 0.4) is 0 Å². The van der Waals surface area contributed by atoms with Gasteiger partial charge in [-0.2, -0.15) is 0 Å². The molecule has 3 rings (SSSR count). The summed E-state index contributed by atoms with van der Waals surface area (Å²) in [6.07, 6.45) is 0.00808. The fraction of sp³-hybridized carbons (Fsp3) is 0.125. The van der Waals surface area contributed by atoms with Gasteiger partial charge in [0.2, 0.25) is 0 Å². The lowest BCUT2D eigenvalue weighted by molar-refractivity contribution is -0.144. The molecule has 3 aromatic rings. The van der Waals surface area contributed by atoms with E-state index in [2.05, 4.69) is 5.16 Å². The van der Waals surface area contributed by atoms with Crippen LogP contribution in [-0.2, 0) is 22.6 Å². The number of aromatic nitrogens is 1. The number of ether oxygens (including phenoxy) is 1. The van der Waals surface area contributed by atoms with E-state index in [1.807, 2.05) is 17.5 Å². The van der Waals surface area contributed by atoms with Crippen LogP contribution in [0, 0.1) is 0 Å². The number of esters is 1. The van der Waals surface area contributed by atoms with Crippen molar-refractivity contribution in [1.29, 1.82) is 0 Å². The summed E-state index contributed by atoms with van der Waals surface area (Å²) in [5.41, 5.74) is 1.10. The van der Waals surface area contributed by atoms with Crippen molar-refractivity contribution in [3.63, 3.8) is 0 Å². The van der Waals surface area contributed by atoms with Gasteiger partial charge in [0.05, 0.1) is 11.3 Å². The molecule has 0 aliphatic heterocycles. The van der Waals surface area contributed by atoms with E-state index in [1.165, 1.54) is 0 Å². The maximum Gasteiger partial charge on any atom is 0.310 e. The Morgan fingerprint density at radius 2 is 2.00 bits per heavy atom. The van der Waals surface area contributed by atoms with Crippen LogP contribution in [-0.4, -0.2) is 11.1 Å². The SMILES string of the molecule is O=C(Cc1c(Cl)cccc1Cl)OCc1cc(-c2cccs2)on1. The van der Waals surface area contributed by atoms with Gasteiger partial charge in [-0.05, 0) is 23.6 Å². The van der Waals surface area contributed by atoms with Crippen molar-refractivity contribution in [1.82, 2.24) is 5.16 Å². The Morgan fingerprint density at radius 1 is 1.22 bits per heavy atom. The van der Waals surface area contributed by atoms with Crippen molar-refractivity contribution in [2.24, 2.45) is 0 Å². The summed E-state index contributed by atoms with van der Waals surface area (Å²) < 4.78 is 10.4. The minimum Gasteiger partial charge on any atom is -0.459 e. The first kappa shape index (κ1) is 16.1. The third-order valence-electron chi connectivity index (χ3n) is 3.09. The highest BCUT2D eigenvalue weighted by Crippen LogP contribution is 2.26. The van der Waals surface area contributed by atoms with E-state index in [9.17, 15) is 4.79 Å². The smallest absolute Gasteiger partial charge is 0.310 e. The van der Waals surface area contributed by atoms with Crippen LogP contribution in [0.5, 0.6) is 0 Å². The first-order chi connectivity index (χ1) is 11.1. The summed E-state index contributed by atoms with van der Waals surface area (Å²) in [4.78, 5) is 12.9. The molecule has 0 spiro atoms. The van der Waals surface area contributed by atoms with E-state index >= 15 is 0 Å². The van der Waals surface area contributed by atoms with Gasteiger partial charge in [0.1, 0.15) is 12.3 Å². The van der Waals surface area contributed by atoms with E-state index < -0.39 is 5.97 Å². The van der Waals surface area contributed by atoms with Crippen LogP contribution in [0.2, 0.25) is 10.0 Å². The quantitative estimate of drug-likeness (QED) is 0.595. The Kier molecular flexibility index (Phi) is 5.00. The van der Waals surface area contributed by atoms with Gasteiger partial charge in [-0.15, -0.1) is 11.3 Å². The highest BCUT2D eigenvalue weighted by Gasteiger charge is 2.14. The van der Waals surface area contributed by atoms with E-state index in [-0.39, 0.29) is 13.0 Å². The number of carbonyl (C=O) groups is 1. The van der Waals surface area contributed by atoms with Crippen LogP contribution >= 0.6 is 34.5 Å². The molecular formula is C16H11Cl2NO3S. The van der Waals surface area contributed by atoms with E-state index in [1.54, 1.807) is 35.6 Å². The molecule has 1 aromatic carbocycles. The molecule has 0 saturated carbocycles. The molecular weight excluding hydrogens is 357 g/mol. The van der Waals surface area contributed by atoms with Crippen LogP contribution in [0.25, 0.3) is 10.6 Å². The molecule has 118 valence electrons. The Morgan fingerprint density at radius 3 is 2.70 bits per heavy atom.